The molecule has 84 valence electrons. The first kappa shape index (κ1) is 12.4. The van der Waals surface area contributed by atoms with Gasteiger partial charge in [0, 0.05) is 18.9 Å². The summed E-state index contributed by atoms with van der Waals surface area (Å²) < 4.78 is 0. The number of ketones is 1. The number of Topliss-reactive ketones (excluding diaryl/α,β-unsaturated/α-hetero) is 1. The third kappa shape index (κ3) is 5.70. The zero-order valence-electron chi connectivity index (χ0n) is 9.24. The molecule has 1 atom stereocenters. The molecule has 0 amide bonds. The molecule has 2 nitrogen and oxygen atoms in total. The number of rotatable bonds is 7. The lowest BCUT2D eigenvalue weighted by atomic mass is 10.0. The highest BCUT2D eigenvalue weighted by atomic mass is 32.1. The molecule has 0 aliphatic rings. The maximum absolute atomic E-state index is 11.5. The van der Waals surface area contributed by atoms with Crippen molar-refractivity contribution >= 4 is 17.1 Å². The van der Waals surface area contributed by atoms with Crippen LogP contribution in [-0.4, -0.2) is 11.8 Å². The van der Waals surface area contributed by atoms with Crippen LogP contribution in [0.4, 0.5) is 0 Å². The Morgan fingerprint density at radius 2 is 2.33 bits per heavy atom. The van der Waals surface area contributed by atoms with Gasteiger partial charge in [-0.05, 0) is 48.6 Å². The third-order valence-corrected chi connectivity index (χ3v) is 3.12. The van der Waals surface area contributed by atoms with Crippen LogP contribution in [0.5, 0.6) is 0 Å². The molecular weight excluding hydrogens is 206 g/mol. The molecule has 0 aliphatic carbocycles. The van der Waals surface area contributed by atoms with Gasteiger partial charge in [-0.15, -0.1) is 0 Å². The van der Waals surface area contributed by atoms with Gasteiger partial charge in [0.2, 0.25) is 0 Å². The average Bonchev–Trinajstić information content (AvgIpc) is 2.66. The Labute approximate surface area is 95.5 Å². The lowest BCUT2D eigenvalue weighted by molar-refractivity contribution is -0.119. The van der Waals surface area contributed by atoms with E-state index in [4.69, 9.17) is 5.73 Å². The van der Waals surface area contributed by atoms with Crippen molar-refractivity contribution in [1.82, 2.24) is 0 Å². The molecule has 1 unspecified atom stereocenters. The second-order valence-electron chi connectivity index (χ2n) is 4.04. The standard InChI is InChI=1S/C12H19NOS/c1-10(13)3-2-4-12(14)6-5-11-7-8-15-9-11/h7-10H,2-6,13H2,1H3. The summed E-state index contributed by atoms with van der Waals surface area (Å²) in [5, 5.41) is 4.16. The van der Waals surface area contributed by atoms with Gasteiger partial charge in [-0.2, -0.15) is 11.3 Å². The molecule has 1 aromatic heterocycles. The number of carbonyl (C=O) groups excluding carboxylic acids is 1. The molecule has 0 saturated carbocycles. The van der Waals surface area contributed by atoms with Gasteiger partial charge in [0.15, 0.2) is 0 Å². The van der Waals surface area contributed by atoms with Crippen molar-refractivity contribution in [2.24, 2.45) is 5.73 Å². The lowest BCUT2D eigenvalue weighted by Crippen LogP contribution is -2.14. The van der Waals surface area contributed by atoms with Crippen LogP contribution in [0.2, 0.25) is 0 Å². The molecule has 0 bridgehead atoms. The molecule has 2 N–H and O–H groups in total. The Hall–Kier alpha value is -0.670. The van der Waals surface area contributed by atoms with E-state index in [0.717, 1.165) is 19.3 Å². The quantitative estimate of drug-likeness (QED) is 0.775. The van der Waals surface area contributed by atoms with Gasteiger partial charge >= 0.3 is 0 Å². The first-order chi connectivity index (χ1) is 7.18. The van der Waals surface area contributed by atoms with Crippen molar-refractivity contribution in [3.8, 4) is 0 Å². The maximum Gasteiger partial charge on any atom is 0.133 e. The summed E-state index contributed by atoms with van der Waals surface area (Å²) in [6.45, 7) is 1.98. The molecule has 0 spiro atoms. The average molecular weight is 225 g/mol. The van der Waals surface area contributed by atoms with Crippen molar-refractivity contribution in [2.45, 2.75) is 45.1 Å². The molecule has 3 heteroatoms. The van der Waals surface area contributed by atoms with Crippen LogP contribution in [0, 0.1) is 0 Å². The number of carbonyl (C=O) groups is 1. The van der Waals surface area contributed by atoms with Crippen molar-refractivity contribution < 1.29 is 4.79 Å². The van der Waals surface area contributed by atoms with Gasteiger partial charge in [0.1, 0.15) is 5.78 Å². The van der Waals surface area contributed by atoms with Gasteiger partial charge in [-0.3, -0.25) is 4.79 Å². The largest absolute Gasteiger partial charge is 0.328 e. The second kappa shape index (κ2) is 6.75. The fraction of sp³-hybridized carbons (Fsp3) is 0.583. The summed E-state index contributed by atoms with van der Waals surface area (Å²) in [7, 11) is 0. The zero-order chi connectivity index (χ0) is 11.1. The summed E-state index contributed by atoms with van der Waals surface area (Å²) in [6, 6.07) is 2.30. The zero-order valence-corrected chi connectivity index (χ0v) is 10.1. The number of hydrogen-bond donors (Lipinski definition) is 1. The smallest absolute Gasteiger partial charge is 0.133 e. The maximum atomic E-state index is 11.5. The van der Waals surface area contributed by atoms with E-state index in [9.17, 15) is 4.79 Å². The number of thiophene rings is 1. The van der Waals surface area contributed by atoms with Crippen LogP contribution >= 0.6 is 11.3 Å². The molecule has 0 aliphatic heterocycles. The topological polar surface area (TPSA) is 43.1 Å². The molecule has 0 saturated heterocycles. The summed E-state index contributed by atoms with van der Waals surface area (Å²) in [4.78, 5) is 11.5. The van der Waals surface area contributed by atoms with Crippen molar-refractivity contribution in [3.05, 3.63) is 22.4 Å². The van der Waals surface area contributed by atoms with Crippen LogP contribution in [0.25, 0.3) is 0 Å². The van der Waals surface area contributed by atoms with Crippen LogP contribution in [0.15, 0.2) is 16.8 Å². The van der Waals surface area contributed by atoms with Gasteiger partial charge in [-0.25, -0.2) is 0 Å². The molecule has 15 heavy (non-hydrogen) atoms. The van der Waals surface area contributed by atoms with E-state index in [0.29, 0.717) is 18.6 Å². The van der Waals surface area contributed by atoms with E-state index in [1.165, 1.54) is 5.56 Å². The molecule has 1 rings (SSSR count). The summed E-state index contributed by atoms with van der Waals surface area (Å²) in [5.74, 6) is 0.363. The third-order valence-electron chi connectivity index (χ3n) is 2.39. The van der Waals surface area contributed by atoms with Gasteiger partial charge in [0.25, 0.3) is 0 Å². The van der Waals surface area contributed by atoms with Crippen LogP contribution in [-0.2, 0) is 11.2 Å². The SMILES string of the molecule is CC(N)CCCC(=O)CCc1ccsc1. The fourth-order valence-electron chi connectivity index (χ4n) is 1.46. The van der Waals surface area contributed by atoms with Crippen molar-refractivity contribution in [1.29, 1.82) is 0 Å². The minimum Gasteiger partial charge on any atom is -0.328 e. The monoisotopic (exact) mass is 225 g/mol. The molecule has 1 aromatic rings. The normalized spacial score (nSPS) is 12.7. The molecular formula is C12H19NOS. The number of nitrogens with two attached hydrogens (primary N) is 1. The first-order valence-electron chi connectivity index (χ1n) is 5.47. The highest BCUT2D eigenvalue weighted by molar-refractivity contribution is 7.07. The highest BCUT2D eigenvalue weighted by Gasteiger charge is 2.03. The number of hydrogen-bond acceptors (Lipinski definition) is 3. The predicted molar refractivity (Wildman–Crippen MR) is 65.1 cm³/mol. The van der Waals surface area contributed by atoms with E-state index in [-0.39, 0.29) is 6.04 Å². The van der Waals surface area contributed by atoms with Crippen molar-refractivity contribution in [2.75, 3.05) is 0 Å². The van der Waals surface area contributed by atoms with Crippen molar-refractivity contribution in [3.63, 3.8) is 0 Å². The minimum atomic E-state index is 0.217. The second-order valence-corrected chi connectivity index (χ2v) is 4.82. The Balaban J connectivity index is 2.09. The Bertz CT molecular complexity index is 280. The minimum absolute atomic E-state index is 0.217. The van der Waals surface area contributed by atoms with Gasteiger partial charge in [-0.1, -0.05) is 0 Å². The Morgan fingerprint density at radius 1 is 1.53 bits per heavy atom. The van der Waals surface area contributed by atoms with Crippen LogP contribution in [0.3, 0.4) is 0 Å². The summed E-state index contributed by atoms with van der Waals surface area (Å²) in [5.41, 5.74) is 6.90. The predicted octanol–water partition coefficient (Wildman–Crippen LogP) is 2.77. The van der Waals surface area contributed by atoms with Crippen LogP contribution in [0.1, 0.15) is 38.2 Å². The van der Waals surface area contributed by atoms with E-state index in [1.54, 1.807) is 11.3 Å². The Kier molecular flexibility index (Phi) is 5.58. The molecule has 1 heterocycles. The number of aryl methyl sites for hydroxylation is 1. The van der Waals surface area contributed by atoms with Gasteiger partial charge < -0.3 is 5.73 Å². The molecule has 0 aromatic carbocycles. The van der Waals surface area contributed by atoms with E-state index < -0.39 is 0 Å². The molecule has 0 radical (unpaired) electrons. The first-order valence-corrected chi connectivity index (χ1v) is 6.41. The lowest BCUT2D eigenvalue weighted by Gasteiger charge is -2.03. The van der Waals surface area contributed by atoms with E-state index in [2.05, 4.69) is 16.8 Å². The van der Waals surface area contributed by atoms with Gasteiger partial charge in [0.05, 0.1) is 0 Å². The van der Waals surface area contributed by atoms with E-state index in [1.807, 2.05) is 6.92 Å². The van der Waals surface area contributed by atoms with E-state index >= 15 is 0 Å². The Morgan fingerprint density at radius 3 is 2.93 bits per heavy atom. The summed E-state index contributed by atoms with van der Waals surface area (Å²) >= 11 is 1.69. The highest BCUT2D eigenvalue weighted by Crippen LogP contribution is 2.10. The van der Waals surface area contributed by atoms with Crippen LogP contribution < -0.4 is 5.73 Å². The fourth-order valence-corrected chi connectivity index (χ4v) is 2.17. The summed E-state index contributed by atoms with van der Waals surface area (Å²) in [6.07, 6.45) is 4.13. The molecule has 0 fully saturated rings.